The second-order valence-electron chi connectivity index (χ2n) is 6.94. The molecule has 3 nitrogen and oxygen atoms in total. The molecule has 2 aromatic carbocycles. The summed E-state index contributed by atoms with van der Waals surface area (Å²) in [5, 5.41) is 4.29. The molecule has 0 bridgehead atoms. The van der Waals surface area contributed by atoms with Crippen LogP contribution in [0.4, 0.5) is 0 Å². The molecule has 1 aliphatic rings. The Kier molecular flexibility index (Phi) is 4.00. The van der Waals surface area contributed by atoms with E-state index < -0.39 is 0 Å². The SMILES string of the molecule is Cc1cc(C(=O)NC2(c3ccccc3)CCCC2)c2ccccc2n1. The second-order valence-corrected chi connectivity index (χ2v) is 6.94. The minimum atomic E-state index is -0.253. The second kappa shape index (κ2) is 6.32. The van der Waals surface area contributed by atoms with Crippen LogP contribution in [0.25, 0.3) is 10.9 Å². The van der Waals surface area contributed by atoms with E-state index >= 15 is 0 Å². The van der Waals surface area contributed by atoms with Gasteiger partial charge in [0.15, 0.2) is 0 Å². The van der Waals surface area contributed by atoms with E-state index in [1.807, 2.05) is 55.5 Å². The minimum Gasteiger partial charge on any atom is -0.343 e. The van der Waals surface area contributed by atoms with E-state index in [4.69, 9.17) is 0 Å². The number of amides is 1. The van der Waals surface area contributed by atoms with E-state index in [0.29, 0.717) is 5.56 Å². The minimum absolute atomic E-state index is 0.00699. The Morgan fingerprint density at radius 2 is 1.68 bits per heavy atom. The molecular formula is C22H22N2O. The van der Waals surface area contributed by atoms with Gasteiger partial charge >= 0.3 is 0 Å². The zero-order valence-corrected chi connectivity index (χ0v) is 14.5. The van der Waals surface area contributed by atoms with E-state index in [0.717, 1.165) is 42.3 Å². The van der Waals surface area contributed by atoms with Crippen molar-refractivity contribution in [1.29, 1.82) is 0 Å². The first-order valence-electron chi connectivity index (χ1n) is 8.92. The average Bonchev–Trinajstić information content (AvgIpc) is 3.11. The predicted octanol–water partition coefficient (Wildman–Crippen LogP) is 4.74. The fraction of sp³-hybridized carbons (Fsp3) is 0.273. The Balaban J connectivity index is 1.74. The van der Waals surface area contributed by atoms with E-state index in [9.17, 15) is 4.79 Å². The monoisotopic (exact) mass is 330 g/mol. The van der Waals surface area contributed by atoms with Crippen LogP contribution in [0.5, 0.6) is 0 Å². The fourth-order valence-electron chi connectivity index (χ4n) is 4.00. The Labute approximate surface area is 148 Å². The summed E-state index contributed by atoms with van der Waals surface area (Å²) in [5.74, 6) is -0.00699. The topological polar surface area (TPSA) is 42.0 Å². The summed E-state index contributed by atoms with van der Waals surface area (Å²) in [6.07, 6.45) is 4.27. The Morgan fingerprint density at radius 3 is 2.44 bits per heavy atom. The molecule has 3 heteroatoms. The number of pyridine rings is 1. The average molecular weight is 330 g/mol. The Hall–Kier alpha value is -2.68. The third kappa shape index (κ3) is 2.91. The molecule has 0 spiro atoms. The molecule has 25 heavy (non-hydrogen) atoms. The summed E-state index contributed by atoms with van der Waals surface area (Å²) in [5.41, 5.74) is 3.40. The normalized spacial score (nSPS) is 16.0. The van der Waals surface area contributed by atoms with Crippen LogP contribution >= 0.6 is 0 Å². The van der Waals surface area contributed by atoms with Crippen LogP contribution in [0.1, 0.15) is 47.3 Å². The lowest BCUT2D eigenvalue weighted by Gasteiger charge is -2.31. The molecule has 1 aromatic heterocycles. The molecule has 1 heterocycles. The zero-order valence-electron chi connectivity index (χ0n) is 14.5. The quantitative estimate of drug-likeness (QED) is 0.753. The van der Waals surface area contributed by atoms with Crippen molar-refractivity contribution >= 4 is 16.8 Å². The molecule has 3 aromatic rings. The summed E-state index contributed by atoms with van der Waals surface area (Å²) >= 11 is 0. The summed E-state index contributed by atoms with van der Waals surface area (Å²) in [6, 6.07) is 20.1. The summed E-state index contributed by atoms with van der Waals surface area (Å²) in [4.78, 5) is 17.8. The van der Waals surface area contributed by atoms with Crippen LogP contribution in [0.2, 0.25) is 0 Å². The molecule has 0 saturated heterocycles. The number of carbonyl (C=O) groups excluding carboxylic acids is 1. The third-order valence-electron chi connectivity index (χ3n) is 5.23. The van der Waals surface area contributed by atoms with Gasteiger partial charge in [0.1, 0.15) is 0 Å². The number of hydrogen-bond acceptors (Lipinski definition) is 2. The van der Waals surface area contributed by atoms with Crippen molar-refractivity contribution in [2.24, 2.45) is 0 Å². The third-order valence-corrected chi connectivity index (χ3v) is 5.23. The summed E-state index contributed by atoms with van der Waals surface area (Å²) in [6.45, 7) is 1.94. The highest BCUT2D eigenvalue weighted by Crippen LogP contribution is 2.39. The molecule has 126 valence electrons. The number of para-hydroxylation sites is 1. The van der Waals surface area contributed by atoms with E-state index in [-0.39, 0.29) is 11.4 Å². The smallest absolute Gasteiger partial charge is 0.252 e. The van der Waals surface area contributed by atoms with Crippen molar-refractivity contribution < 1.29 is 4.79 Å². The number of hydrogen-bond donors (Lipinski definition) is 1. The molecule has 1 fully saturated rings. The molecular weight excluding hydrogens is 308 g/mol. The number of carbonyl (C=O) groups is 1. The Bertz CT molecular complexity index is 912. The van der Waals surface area contributed by atoms with Gasteiger partial charge in [0.05, 0.1) is 16.6 Å². The van der Waals surface area contributed by atoms with Crippen molar-refractivity contribution in [2.45, 2.75) is 38.1 Å². The molecule has 1 amide bonds. The van der Waals surface area contributed by atoms with Crippen molar-refractivity contribution in [3.8, 4) is 0 Å². The fourth-order valence-corrected chi connectivity index (χ4v) is 4.00. The van der Waals surface area contributed by atoms with Gasteiger partial charge in [0.2, 0.25) is 0 Å². The standard InChI is InChI=1S/C22H22N2O/c1-16-15-19(18-11-5-6-12-20(18)23-16)21(25)24-22(13-7-8-14-22)17-9-3-2-4-10-17/h2-6,9-12,15H,7-8,13-14H2,1H3,(H,24,25). The van der Waals surface area contributed by atoms with Crippen LogP contribution in [-0.2, 0) is 5.54 Å². The number of aryl methyl sites for hydroxylation is 1. The first-order valence-corrected chi connectivity index (χ1v) is 8.92. The van der Waals surface area contributed by atoms with Crippen molar-refractivity contribution in [3.63, 3.8) is 0 Å². The van der Waals surface area contributed by atoms with Crippen LogP contribution in [0.15, 0.2) is 60.7 Å². The number of benzene rings is 2. The van der Waals surface area contributed by atoms with Crippen molar-refractivity contribution in [1.82, 2.24) is 10.3 Å². The van der Waals surface area contributed by atoms with E-state index in [2.05, 4.69) is 22.4 Å². The van der Waals surface area contributed by atoms with Crippen LogP contribution in [0.3, 0.4) is 0 Å². The first kappa shape index (κ1) is 15.8. The summed E-state index contributed by atoms with van der Waals surface area (Å²) in [7, 11) is 0. The first-order chi connectivity index (χ1) is 12.2. The molecule has 1 N–H and O–H groups in total. The highest BCUT2D eigenvalue weighted by Gasteiger charge is 2.37. The number of rotatable bonds is 3. The van der Waals surface area contributed by atoms with Gasteiger partial charge < -0.3 is 5.32 Å². The largest absolute Gasteiger partial charge is 0.343 e. The molecule has 0 aliphatic heterocycles. The highest BCUT2D eigenvalue weighted by molar-refractivity contribution is 6.06. The van der Waals surface area contributed by atoms with Gasteiger partial charge in [0.25, 0.3) is 5.91 Å². The van der Waals surface area contributed by atoms with Crippen LogP contribution in [0, 0.1) is 6.92 Å². The molecule has 0 unspecified atom stereocenters. The number of aromatic nitrogens is 1. The van der Waals surface area contributed by atoms with Crippen molar-refractivity contribution in [2.75, 3.05) is 0 Å². The molecule has 4 rings (SSSR count). The molecule has 0 atom stereocenters. The van der Waals surface area contributed by atoms with Gasteiger partial charge in [-0.05, 0) is 37.5 Å². The van der Waals surface area contributed by atoms with Gasteiger partial charge in [-0.25, -0.2) is 0 Å². The Morgan fingerprint density at radius 1 is 1.00 bits per heavy atom. The van der Waals surface area contributed by atoms with E-state index in [1.165, 1.54) is 5.56 Å². The highest BCUT2D eigenvalue weighted by atomic mass is 16.1. The maximum Gasteiger partial charge on any atom is 0.252 e. The number of nitrogens with zero attached hydrogens (tertiary/aromatic N) is 1. The van der Waals surface area contributed by atoms with Crippen LogP contribution < -0.4 is 5.32 Å². The maximum atomic E-state index is 13.2. The molecule has 1 saturated carbocycles. The number of nitrogens with one attached hydrogen (secondary N) is 1. The molecule has 1 aliphatic carbocycles. The van der Waals surface area contributed by atoms with Gasteiger partial charge in [-0.2, -0.15) is 0 Å². The van der Waals surface area contributed by atoms with Gasteiger partial charge in [-0.15, -0.1) is 0 Å². The lowest BCUT2D eigenvalue weighted by molar-refractivity contribution is 0.0899. The predicted molar refractivity (Wildman–Crippen MR) is 101 cm³/mol. The van der Waals surface area contributed by atoms with Crippen LogP contribution in [-0.4, -0.2) is 10.9 Å². The zero-order chi connectivity index (χ0) is 17.3. The summed E-state index contributed by atoms with van der Waals surface area (Å²) < 4.78 is 0. The van der Waals surface area contributed by atoms with E-state index in [1.54, 1.807) is 0 Å². The van der Waals surface area contributed by atoms with Gasteiger partial charge in [-0.3, -0.25) is 9.78 Å². The van der Waals surface area contributed by atoms with Crippen molar-refractivity contribution in [3.05, 3.63) is 77.5 Å². The maximum absolute atomic E-state index is 13.2. The number of fused-ring (bicyclic) bond motifs is 1. The molecule has 0 radical (unpaired) electrons. The lowest BCUT2D eigenvalue weighted by Crippen LogP contribution is -2.43. The van der Waals surface area contributed by atoms with Gasteiger partial charge in [0, 0.05) is 11.1 Å². The van der Waals surface area contributed by atoms with Gasteiger partial charge in [-0.1, -0.05) is 61.4 Å². The lowest BCUT2D eigenvalue weighted by atomic mass is 9.87.